The van der Waals surface area contributed by atoms with Crippen molar-refractivity contribution in [3.63, 3.8) is 0 Å². The van der Waals surface area contributed by atoms with Crippen LogP contribution in [0.5, 0.6) is 0 Å². The summed E-state index contributed by atoms with van der Waals surface area (Å²) >= 11 is 0. The zero-order valence-corrected chi connectivity index (χ0v) is 7.27. The number of nitrogen functional groups attached to an aromatic ring is 1. The second-order valence-corrected chi connectivity index (χ2v) is 2.60. The van der Waals surface area contributed by atoms with Gasteiger partial charge in [-0.15, -0.1) is 0 Å². The van der Waals surface area contributed by atoms with Gasteiger partial charge < -0.3 is 20.8 Å². The third kappa shape index (κ3) is 2.33. The van der Waals surface area contributed by atoms with Crippen LogP contribution in [0.2, 0.25) is 0 Å². The first-order valence-corrected chi connectivity index (χ1v) is 4.05. The van der Waals surface area contributed by atoms with Gasteiger partial charge in [-0.05, 0) is 0 Å². The summed E-state index contributed by atoms with van der Waals surface area (Å²) < 4.78 is 0. The second kappa shape index (κ2) is 4.68. The van der Waals surface area contributed by atoms with Gasteiger partial charge in [0.1, 0.15) is 5.82 Å². The number of anilines is 2. The van der Waals surface area contributed by atoms with Crippen molar-refractivity contribution in [2.45, 2.75) is 0 Å². The van der Waals surface area contributed by atoms with Crippen LogP contribution in [-0.4, -0.2) is 46.7 Å². The minimum Gasteiger partial charge on any atom is -0.395 e. The monoisotopic (exact) mass is 186 g/mol. The van der Waals surface area contributed by atoms with Crippen LogP contribution >= 0.6 is 0 Å². The molecule has 0 fully saturated rings. The summed E-state index contributed by atoms with van der Waals surface area (Å²) in [5, 5.41) is 23.9. The van der Waals surface area contributed by atoms with Crippen LogP contribution in [0.25, 0.3) is 0 Å². The number of aliphatic hydroxyl groups is 2. The number of nitrogens with zero attached hydrogens (tertiary/aromatic N) is 2. The fraction of sp³-hybridized carbons (Fsp3) is 0.571. The SMILES string of the molecule is Nc1[nH]ncc1N(CCO)CCO. The highest BCUT2D eigenvalue weighted by molar-refractivity contribution is 5.61. The Hall–Kier alpha value is -1.27. The quantitative estimate of drug-likeness (QED) is 0.462. The molecule has 74 valence electrons. The summed E-state index contributed by atoms with van der Waals surface area (Å²) in [6, 6.07) is 0. The Bertz CT molecular complexity index is 244. The zero-order valence-electron chi connectivity index (χ0n) is 7.27. The van der Waals surface area contributed by atoms with Crippen molar-refractivity contribution in [2.24, 2.45) is 0 Å². The highest BCUT2D eigenvalue weighted by atomic mass is 16.3. The van der Waals surface area contributed by atoms with E-state index in [9.17, 15) is 0 Å². The zero-order chi connectivity index (χ0) is 9.68. The first-order valence-electron chi connectivity index (χ1n) is 4.05. The molecule has 0 aliphatic rings. The van der Waals surface area contributed by atoms with Gasteiger partial charge in [-0.25, -0.2) is 0 Å². The minimum absolute atomic E-state index is 0.0185. The number of nitrogens with two attached hydrogens (primary N) is 1. The van der Waals surface area contributed by atoms with Gasteiger partial charge in [-0.2, -0.15) is 5.10 Å². The van der Waals surface area contributed by atoms with Crippen LogP contribution in [0.3, 0.4) is 0 Å². The predicted molar refractivity (Wildman–Crippen MR) is 49.4 cm³/mol. The third-order valence-electron chi connectivity index (χ3n) is 1.73. The molecule has 6 nitrogen and oxygen atoms in total. The normalized spacial score (nSPS) is 10.3. The fourth-order valence-electron chi connectivity index (χ4n) is 1.14. The number of aliphatic hydroxyl groups excluding tert-OH is 2. The van der Waals surface area contributed by atoms with Gasteiger partial charge in [0.05, 0.1) is 25.1 Å². The summed E-state index contributed by atoms with van der Waals surface area (Å²) in [7, 11) is 0. The molecule has 0 amide bonds. The smallest absolute Gasteiger partial charge is 0.142 e. The van der Waals surface area contributed by atoms with Crippen molar-refractivity contribution in [1.82, 2.24) is 10.2 Å². The number of rotatable bonds is 5. The van der Waals surface area contributed by atoms with E-state index in [4.69, 9.17) is 15.9 Å². The molecule has 0 atom stereocenters. The molecule has 0 bridgehead atoms. The lowest BCUT2D eigenvalue weighted by molar-refractivity contribution is 0.281. The van der Waals surface area contributed by atoms with Crippen molar-refractivity contribution in [3.8, 4) is 0 Å². The van der Waals surface area contributed by atoms with E-state index in [1.54, 1.807) is 11.1 Å². The molecule has 13 heavy (non-hydrogen) atoms. The lowest BCUT2D eigenvalue weighted by Gasteiger charge is -2.21. The summed E-state index contributed by atoms with van der Waals surface area (Å²) in [5.41, 5.74) is 6.29. The topological polar surface area (TPSA) is 98.4 Å². The molecule has 1 aromatic heterocycles. The standard InChI is InChI=1S/C7H14N4O2/c8-7-6(5-9-10-7)11(1-3-12)2-4-13/h5,12-13H,1-4H2,(H3,8,9,10). The molecule has 0 saturated heterocycles. The highest BCUT2D eigenvalue weighted by Crippen LogP contribution is 2.18. The van der Waals surface area contributed by atoms with E-state index in [0.29, 0.717) is 24.6 Å². The van der Waals surface area contributed by atoms with Crippen molar-refractivity contribution in [3.05, 3.63) is 6.20 Å². The molecule has 0 aromatic carbocycles. The Morgan fingerprint density at radius 3 is 2.38 bits per heavy atom. The van der Waals surface area contributed by atoms with Crippen molar-refractivity contribution >= 4 is 11.5 Å². The Kier molecular flexibility index (Phi) is 3.53. The van der Waals surface area contributed by atoms with Gasteiger partial charge in [0.25, 0.3) is 0 Å². The van der Waals surface area contributed by atoms with E-state index in [1.165, 1.54) is 0 Å². The summed E-state index contributed by atoms with van der Waals surface area (Å²) in [6.45, 7) is 0.907. The van der Waals surface area contributed by atoms with E-state index < -0.39 is 0 Å². The molecule has 0 saturated carbocycles. The number of H-pyrrole nitrogens is 1. The number of hydrogen-bond acceptors (Lipinski definition) is 5. The molecule has 1 heterocycles. The fourth-order valence-corrected chi connectivity index (χ4v) is 1.14. The van der Waals surface area contributed by atoms with Crippen LogP contribution in [0, 0.1) is 0 Å². The molecule has 0 unspecified atom stereocenters. The number of hydrogen-bond donors (Lipinski definition) is 4. The molecule has 6 heteroatoms. The van der Waals surface area contributed by atoms with Gasteiger partial charge in [0.15, 0.2) is 0 Å². The summed E-state index contributed by atoms with van der Waals surface area (Å²) in [4.78, 5) is 1.76. The maximum absolute atomic E-state index is 8.76. The molecular formula is C7H14N4O2. The van der Waals surface area contributed by atoms with Crippen LogP contribution in [0.1, 0.15) is 0 Å². The summed E-state index contributed by atoms with van der Waals surface area (Å²) in [5.74, 6) is 0.446. The largest absolute Gasteiger partial charge is 0.395 e. The van der Waals surface area contributed by atoms with Crippen molar-refractivity contribution < 1.29 is 10.2 Å². The van der Waals surface area contributed by atoms with Gasteiger partial charge in [0, 0.05) is 13.1 Å². The number of aromatic amines is 1. The number of aromatic nitrogens is 2. The van der Waals surface area contributed by atoms with Crippen molar-refractivity contribution in [2.75, 3.05) is 36.9 Å². The molecule has 1 aromatic rings. The Morgan fingerprint density at radius 1 is 1.38 bits per heavy atom. The average Bonchev–Trinajstić information content (AvgIpc) is 2.51. The van der Waals surface area contributed by atoms with Gasteiger partial charge >= 0.3 is 0 Å². The molecule has 1 rings (SSSR count). The van der Waals surface area contributed by atoms with Crippen LogP contribution in [-0.2, 0) is 0 Å². The van der Waals surface area contributed by atoms with E-state index in [2.05, 4.69) is 10.2 Å². The van der Waals surface area contributed by atoms with Gasteiger partial charge in [-0.3, -0.25) is 5.10 Å². The van der Waals surface area contributed by atoms with Crippen molar-refractivity contribution in [1.29, 1.82) is 0 Å². The maximum atomic E-state index is 8.76. The lowest BCUT2D eigenvalue weighted by atomic mass is 10.4. The minimum atomic E-state index is 0.0185. The van der Waals surface area contributed by atoms with Crippen LogP contribution in [0.15, 0.2) is 6.20 Å². The van der Waals surface area contributed by atoms with Gasteiger partial charge in [-0.1, -0.05) is 0 Å². The first kappa shape index (κ1) is 9.82. The maximum Gasteiger partial charge on any atom is 0.142 e. The van der Waals surface area contributed by atoms with Crippen LogP contribution in [0.4, 0.5) is 11.5 Å². The van der Waals surface area contributed by atoms with E-state index in [-0.39, 0.29) is 13.2 Å². The van der Waals surface area contributed by atoms with E-state index in [1.807, 2.05) is 0 Å². The first-order chi connectivity index (χ1) is 6.29. The van der Waals surface area contributed by atoms with Gasteiger partial charge in [0.2, 0.25) is 0 Å². The Labute approximate surface area is 76.0 Å². The molecular weight excluding hydrogens is 172 g/mol. The molecule has 0 aliphatic carbocycles. The lowest BCUT2D eigenvalue weighted by Crippen LogP contribution is -2.29. The highest BCUT2D eigenvalue weighted by Gasteiger charge is 2.09. The van der Waals surface area contributed by atoms with Crippen LogP contribution < -0.4 is 10.6 Å². The second-order valence-electron chi connectivity index (χ2n) is 2.60. The molecule has 5 N–H and O–H groups in total. The van der Waals surface area contributed by atoms with E-state index in [0.717, 1.165) is 0 Å². The molecule has 0 spiro atoms. The average molecular weight is 186 g/mol. The summed E-state index contributed by atoms with van der Waals surface area (Å²) in [6.07, 6.45) is 1.57. The predicted octanol–water partition coefficient (Wildman–Crippen LogP) is -1.22. The number of nitrogens with one attached hydrogen (secondary N) is 1. The Balaban J connectivity index is 2.69. The molecule has 0 radical (unpaired) electrons. The van der Waals surface area contributed by atoms with E-state index >= 15 is 0 Å². The third-order valence-corrected chi connectivity index (χ3v) is 1.73. The molecule has 0 aliphatic heterocycles. The Morgan fingerprint density at radius 2 is 2.00 bits per heavy atom.